The molecule has 14 heavy (non-hydrogen) atoms. The molecule has 0 unspecified atom stereocenters. The van der Waals surface area contributed by atoms with Gasteiger partial charge in [0, 0.05) is 0 Å². The lowest BCUT2D eigenvalue weighted by Crippen LogP contribution is -2.06. The number of nitrogen functional groups attached to an aromatic ring is 1. The van der Waals surface area contributed by atoms with E-state index in [1.54, 1.807) is 0 Å². The molecule has 2 heterocycles. The summed E-state index contributed by atoms with van der Waals surface area (Å²) in [4.78, 5) is 11.6. The second kappa shape index (κ2) is 3.24. The molecule has 2 aromatic rings. The molecule has 2 rings (SSSR count). The number of methoxy groups -OCH3 is 1. The van der Waals surface area contributed by atoms with E-state index in [9.17, 15) is 0 Å². The first-order valence-electron chi connectivity index (χ1n) is 3.70. The smallest absolute Gasteiger partial charge is 0.322 e. The van der Waals surface area contributed by atoms with Crippen LogP contribution in [0, 0.1) is 0 Å². The molecule has 2 aromatic heterocycles. The molecule has 8 heteroatoms. The number of nitrogens with zero attached hydrogens (tertiary/aromatic N) is 6. The minimum atomic E-state index is 0.0838. The van der Waals surface area contributed by atoms with Crippen molar-refractivity contribution in [2.45, 2.75) is 0 Å². The number of hydrogen-bond donors (Lipinski definition) is 1. The van der Waals surface area contributed by atoms with Crippen LogP contribution in [0.3, 0.4) is 0 Å². The van der Waals surface area contributed by atoms with E-state index in [1.165, 1.54) is 24.3 Å². The van der Waals surface area contributed by atoms with Crippen molar-refractivity contribution >= 4 is 5.95 Å². The molecule has 0 saturated carbocycles. The van der Waals surface area contributed by atoms with Gasteiger partial charge in [0.1, 0.15) is 12.7 Å². The van der Waals surface area contributed by atoms with E-state index in [4.69, 9.17) is 10.5 Å². The quantitative estimate of drug-likeness (QED) is 0.655. The SMILES string of the molecule is COc1nc(N)nc(-n2cnnc2)n1. The fourth-order valence-electron chi connectivity index (χ4n) is 0.872. The standard InChI is InChI=1S/C6H7N7O/c1-14-6-11-4(7)10-5(12-6)13-2-8-9-3-13/h2-3H,1H3,(H2,7,10,11,12). The van der Waals surface area contributed by atoms with Gasteiger partial charge in [0.15, 0.2) is 0 Å². The minimum Gasteiger partial charge on any atom is -0.467 e. The highest BCUT2D eigenvalue weighted by Crippen LogP contribution is 2.06. The predicted molar refractivity (Wildman–Crippen MR) is 45.7 cm³/mol. The van der Waals surface area contributed by atoms with E-state index in [-0.39, 0.29) is 12.0 Å². The molecule has 0 aliphatic heterocycles. The van der Waals surface area contributed by atoms with Crippen molar-refractivity contribution in [3.05, 3.63) is 12.7 Å². The van der Waals surface area contributed by atoms with Crippen molar-refractivity contribution in [2.24, 2.45) is 0 Å². The average molecular weight is 193 g/mol. The van der Waals surface area contributed by atoms with Gasteiger partial charge >= 0.3 is 6.01 Å². The van der Waals surface area contributed by atoms with Gasteiger partial charge in [-0.1, -0.05) is 0 Å². The normalized spacial score (nSPS) is 10.1. The predicted octanol–water partition coefficient (Wildman–Crippen LogP) is -0.957. The average Bonchev–Trinajstić information content (AvgIpc) is 2.69. The summed E-state index contributed by atoms with van der Waals surface area (Å²) < 4.78 is 6.34. The van der Waals surface area contributed by atoms with Crippen LogP contribution in [0.1, 0.15) is 0 Å². The molecule has 8 nitrogen and oxygen atoms in total. The number of nitrogens with two attached hydrogens (primary N) is 1. The first-order valence-corrected chi connectivity index (χ1v) is 3.70. The second-order valence-electron chi connectivity index (χ2n) is 2.35. The lowest BCUT2D eigenvalue weighted by molar-refractivity contribution is 0.378. The minimum absolute atomic E-state index is 0.0838. The fraction of sp³-hybridized carbons (Fsp3) is 0.167. The largest absolute Gasteiger partial charge is 0.467 e. The maximum atomic E-state index is 5.44. The van der Waals surface area contributed by atoms with Crippen molar-refractivity contribution in [1.82, 2.24) is 29.7 Å². The van der Waals surface area contributed by atoms with Crippen LogP contribution in [-0.4, -0.2) is 36.8 Å². The molecular weight excluding hydrogens is 186 g/mol. The van der Waals surface area contributed by atoms with Crippen molar-refractivity contribution < 1.29 is 4.74 Å². The molecule has 0 amide bonds. The molecule has 72 valence electrons. The molecule has 0 atom stereocenters. The molecular formula is C6H7N7O. The lowest BCUT2D eigenvalue weighted by Gasteiger charge is -2.02. The Morgan fingerprint density at radius 1 is 1.21 bits per heavy atom. The van der Waals surface area contributed by atoms with Crippen molar-refractivity contribution in [1.29, 1.82) is 0 Å². The highest BCUT2D eigenvalue weighted by atomic mass is 16.5. The van der Waals surface area contributed by atoms with Crippen LogP contribution in [0.15, 0.2) is 12.7 Å². The Balaban J connectivity index is 2.48. The Hall–Kier alpha value is -2.25. The highest BCUT2D eigenvalue weighted by Gasteiger charge is 2.05. The summed E-state index contributed by atoms with van der Waals surface area (Å²) in [6.45, 7) is 0. The number of rotatable bonds is 2. The van der Waals surface area contributed by atoms with E-state index < -0.39 is 0 Å². The lowest BCUT2D eigenvalue weighted by atomic mass is 10.8. The maximum Gasteiger partial charge on any atom is 0.322 e. The monoisotopic (exact) mass is 193 g/mol. The van der Waals surface area contributed by atoms with E-state index in [0.29, 0.717) is 5.95 Å². The molecule has 0 aromatic carbocycles. The molecule has 0 aliphatic carbocycles. The van der Waals surface area contributed by atoms with Crippen molar-refractivity contribution in [3.8, 4) is 12.0 Å². The van der Waals surface area contributed by atoms with Crippen LogP contribution in [-0.2, 0) is 0 Å². The molecule has 0 aliphatic rings. The number of aromatic nitrogens is 6. The number of hydrogen-bond acceptors (Lipinski definition) is 7. The zero-order valence-corrected chi connectivity index (χ0v) is 7.32. The van der Waals surface area contributed by atoms with Gasteiger partial charge in [0.2, 0.25) is 11.9 Å². The summed E-state index contributed by atoms with van der Waals surface area (Å²) in [5.74, 6) is 0.403. The molecule has 0 fully saturated rings. The zero-order valence-electron chi connectivity index (χ0n) is 7.32. The molecule has 0 bridgehead atoms. The first-order chi connectivity index (χ1) is 6.79. The Labute approximate surface area is 78.8 Å². The van der Waals surface area contributed by atoms with Gasteiger partial charge < -0.3 is 10.5 Å². The summed E-state index contributed by atoms with van der Waals surface area (Å²) in [5.41, 5.74) is 5.44. The summed E-state index contributed by atoms with van der Waals surface area (Å²) in [5, 5.41) is 7.23. The van der Waals surface area contributed by atoms with Gasteiger partial charge in [-0.05, 0) is 0 Å². The third-order valence-corrected chi connectivity index (χ3v) is 1.45. The van der Waals surface area contributed by atoms with Gasteiger partial charge in [0.05, 0.1) is 7.11 Å². The molecule has 0 saturated heterocycles. The Bertz CT molecular complexity index is 426. The van der Waals surface area contributed by atoms with E-state index >= 15 is 0 Å². The number of anilines is 1. The topological polar surface area (TPSA) is 105 Å². The van der Waals surface area contributed by atoms with Crippen molar-refractivity contribution in [2.75, 3.05) is 12.8 Å². The van der Waals surface area contributed by atoms with Gasteiger partial charge in [0.25, 0.3) is 0 Å². The van der Waals surface area contributed by atoms with E-state index in [0.717, 1.165) is 0 Å². The molecule has 0 radical (unpaired) electrons. The van der Waals surface area contributed by atoms with Gasteiger partial charge in [-0.2, -0.15) is 15.0 Å². The van der Waals surface area contributed by atoms with Crippen LogP contribution in [0.4, 0.5) is 5.95 Å². The maximum absolute atomic E-state index is 5.44. The summed E-state index contributed by atoms with van der Waals surface area (Å²) >= 11 is 0. The van der Waals surface area contributed by atoms with Gasteiger partial charge in [-0.25, -0.2) is 0 Å². The zero-order chi connectivity index (χ0) is 9.97. The van der Waals surface area contributed by atoms with Gasteiger partial charge in [-0.15, -0.1) is 10.2 Å². The Morgan fingerprint density at radius 2 is 1.93 bits per heavy atom. The summed E-state index contributed by atoms with van der Waals surface area (Å²) in [7, 11) is 1.45. The Morgan fingerprint density at radius 3 is 2.57 bits per heavy atom. The fourth-order valence-corrected chi connectivity index (χ4v) is 0.872. The third-order valence-electron chi connectivity index (χ3n) is 1.45. The van der Waals surface area contributed by atoms with Crippen LogP contribution < -0.4 is 10.5 Å². The summed E-state index contributed by atoms with van der Waals surface area (Å²) in [6, 6.07) is 0.154. The third kappa shape index (κ3) is 1.44. The molecule has 2 N–H and O–H groups in total. The molecule has 0 spiro atoms. The van der Waals surface area contributed by atoms with Crippen LogP contribution in [0.25, 0.3) is 5.95 Å². The number of ether oxygens (including phenoxy) is 1. The second-order valence-corrected chi connectivity index (χ2v) is 2.35. The van der Waals surface area contributed by atoms with Gasteiger partial charge in [-0.3, -0.25) is 4.57 Å². The van der Waals surface area contributed by atoms with E-state index in [2.05, 4.69) is 25.1 Å². The Kier molecular flexibility index (Phi) is 1.94. The van der Waals surface area contributed by atoms with Crippen LogP contribution in [0.2, 0.25) is 0 Å². The summed E-state index contributed by atoms with van der Waals surface area (Å²) in [6.07, 6.45) is 2.91. The first kappa shape index (κ1) is 8.35. The highest BCUT2D eigenvalue weighted by molar-refractivity contribution is 5.24. The van der Waals surface area contributed by atoms with Crippen molar-refractivity contribution in [3.63, 3.8) is 0 Å². The van der Waals surface area contributed by atoms with E-state index in [1.807, 2.05) is 0 Å². The van der Waals surface area contributed by atoms with Crippen LogP contribution >= 0.6 is 0 Å². The van der Waals surface area contributed by atoms with Crippen LogP contribution in [0.5, 0.6) is 6.01 Å².